The molecule has 4 aromatic carbocycles. The van der Waals surface area contributed by atoms with Gasteiger partial charge in [-0.1, -0.05) is 129 Å². The maximum atomic E-state index is 12.4. The maximum absolute atomic E-state index is 12.4. The molecular weight excluding hydrogens is 464 g/mol. The lowest BCUT2D eigenvalue weighted by Crippen LogP contribution is -2.36. The van der Waals surface area contributed by atoms with Crippen molar-refractivity contribution in [2.75, 3.05) is 0 Å². The number of nitrogens with zero attached hydrogens (tertiary/aromatic N) is 2. The van der Waals surface area contributed by atoms with Crippen LogP contribution in [-0.4, -0.2) is 15.3 Å². The fraction of sp³-hybridized carbons (Fsp3) is 0.143. The molecule has 0 saturated heterocycles. The third-order valence-electron chi connectivity index (χ3n) is 7.71. The fourth-order valence-electron chi connectivity index (χ4n) is 5.78. The molecule has 1 aliphatic carbocycles. The van der Waals surface area contributed by atoms with E-state index in [2.05, 4.69) is 134 Å². The Kier molecular flexibility index (Phi) is 5.92. The average molecular weight is 495 g/mol. The molecule has 1 fully saturated rings. The third kappa shape index (κ3) is 3.92. The van der Waals surface area contributed by atoms with Gasteiger partial charge in [-0.3, -0.25) is 4.79 Å². The number of hydrogen-bond acceptors (Lipinski definition) is 2. The first-order valence-electron chi connectivity index (χ1n) is 13.1. The molecule has 5 aromatic rings. The second-order valence-electron chi connectivity index (χ2n) is 10.6. The minimum absolute atomic E-state index is 0.0906. The van der Waals surface area contributed by atoms with Gasteiger partial charge in [-0.05, 0) is 28.3 Å². The summed E-state index contributed by atoms with van der Waals surface area (Å²) >= 11 is 0. The van der Waals surface area contributed by atoms with Crippen LogP contribution in [0.1, 0.15) is 42.5 Å². The number of aromatic nitrogens is 2. The Bertz CT molecular complexity index is 1520. The Balaban J connectivity index is 1.57. The van der Waals surface area contributed by atoms with Crippen molar-refractivity contribution in [1.82, 2.24) is 9.55 Å². The molecule has 1 saturated carbocycles. The lowest BCUT2D eigenvalue weighted by atomic mass is 9.65. The van der Waals surface area contributed by atoms with Crippen LogP contribution in [0, 0.1) is 5.41 Å². The molecule has 0 spiro atoms. The van der Waals surface area contributed by atoms with Crippen molar-refractivity contribution in [3.8, 4) is 11.3 Å². The molecule has 0 N–H and O–H groups in total. The van der Waals surface area contributed by atoms with Gasteiger partial charge in [0, 0.05) is 29.2 Å². The lowest BCUT2D eigenvalue weighted by Gasteiger charge is -2.37. The number of imidazole rings is 1. The predicted octanol–water partition coefficient (Wildman–Crippen LogP) is 7.77. The van der Waals surface area contributed by atoms with Crippen LogP contribution in [0.5, 0.6) is 0 Å². The van der Waals surface area contributed by atoms with E-state index in [-0.39, 0.29) is 11.2 Å². The largest absolute Gasteiger partial charge is 0.318 e. The van der Waals surface area contributed by atoms with Crippen LogP contribution in [-0.2, 0) is 10.3 Å². The standard InChI is InChI=1S/C35H30N2O/c1-34(2)23-33(38)31(34)22-26-14-12-13-21-30(26)32-24-37(25-36-32)35(27-15-6-3-7-16-27,28-17-8-4-9-18-28)29-19-10-5-11-20-29/h3-22,24-25H,23H2,1-2H3/b31-22-. The van der Waals surface area contributed by atoms with Crippen molar-refractivity contribution in [3.63, 3.8) is 0 Å². The van der Waals surface area contributed by atoms with E-state index in [0.717, 1.165) is 39.1 Å². The number of hydrogen-bond donors (Lipinski definition) is 0. The number of benzene rings is 4. The summed E-state index contributed by atoms with van der Waals surface area (Å²) in [4.78, 5) is 17.4. The van der Waals surface area contributed by atoms with E-state index in [1.165, 1.54) is 0 Å². The highest BCUT2D eigenvalue weighted by atomic mass is 16.1. The Morgan fingerprint density at radius 1 is 0.737 bits per heavy atom. The van der Waals surface area contributed by atoms with Gasteiger partial charge >= 0.3 is 0 Å². The molecule has 3 heteroatoms. The first-order chi connectivity index (χ1) is 18.5. The van der Waals surface area contributed by atoms with Gasteiger partial charge in [0.05, 0.1) is 12.0 Å². The zero-order valence-corrected chi connectivity index (χ0v) is 21.7. The molecule has 38 heavy (non-hydrogen) atoms. The number of rotatable bonds is 6. The Labute approximate surface area is 224 Å². The van der Waals surface area contributed by atoms with Gasteiger partial charge < -0.3 is 4.57 Å². The molecule has 0 bridgehead atoms. The molecule has 1 aliphatic rings. The Morgan fingerprint density at radius 3 is 1.74 bits per heavy atom. The number of carbonyl (C=O) groups is 1. The van der Waals surface area contributed by atoms with E-state index in [1.807, 2.05) is 18.5 Å². The second kappa shape index (κ2) is 9.42. The van der Waals surface area contributed by atoms with E-state index in [9.17, 15) is 4.79 Å². The zero-order chi connectivity index (χ0) is 26.2. The first kappa shape index (κ1) is 23.9. The Morgan fingerprint density at radius 2 is 1.24 bits per heavy atom. The summed E-state index contributed by atoms with van der Waals surface area (Å²) in [6.45, 7) is 4.26. The van der Waals surface area contributed by atoms with Crippen LogP contribution in [0.25, 0.3) is 17.3 Å². The SMILES string of the molecule is CC1(C)CC(=O)/C1=C/c1ccccc1-c1cn(C(c2ccccc2)(c2ccccc2)c2ccccc2)cn1. The molecule has 0 unspecified atom stereocenters. The van der Waals surface area contributed by atoms with Gasteiger partial charge in [-0.2, -0.15) is 0 Å². The lowest BCUT2D eigenvalue weighted by molar-refractivity contribution is -0.122. The number of carbonyl (C=O) groups excluding carboxylic acids is 1. The minimum Gasteiger partial charge on any atom is -0.318 e. The van der Waals surface area contributed by atoms with Crippen molar-refractivity contribution in [3.05, 3.63) is 156 Å². The molecule has 3 nitrogen and oxygen atoms in total. The van der Waals surface area contributed by atoms with Gasteiger partial charge in [-0.15, -0.1) is 0 Å². The molecule has 186 valence electrons. The summed E-state index contributed by atoms with van der Waals surface area (Å²) in [5.74, 6) is 0.228. The second-order valence-corrected chi connectivity index (χ2v) is 10.6. The van der Waals surface area contributed by atoms with Crippen molar-refractivity contribution in [2.45, 2.75) is 25.8 Å². The van der Waals surface area contributed by atoms with Crippen LogP contribution < -0.4 is 0 Å². The highest BCUT2D eigenvalue weighted by Crippen LogP contribution is 2.45. The van der Waals surface area contributed by atoms with Crippen molar-refractivity contribution >= 4 is 11.9 Å². The molecule has 1 heterocycles. The maximum Gasteiger partial charge on any atom is 0.160 e. The quantitative estimate of drug-likeness (QED) is 0.178. The predicted molar refractivity (Wildman–Crippen MR) is 154 cm³/mol. The summed E-state index contributed by atoms with van der Waals surface area (Å²) in [6.07, 6.45) is 6.73. The summed E-state index contributed by atoms with van der Waals surface area (Å²) in [5, 5.41) is 0. The Hall–Kier alpha value is -4.50. The number of Topliss-reactive ketones (excluding diaryl/α,β-unsaturated/α-hetero) is 1. The van der Waals surface area contributed by atoms with Crippen molar-refractivity contribution in [1.29, 1.82) is 0 Å². The highest BCUT2D eigenvalue weighted by molar-refractivity contribution is 6.08. The van der Waals surface area contributed by atoms with Crippen LogP contribution in [0.4, 0.5) is 0 Å². The molecule has 6 rings (SSSR count). The smallest absolute Gasteiger partial charge is 0.160 e. The topological polar surface area (TPSA) is 34.9 Å². The van der Waals surface area contributed by atoms with Crippen LogP contribution >= 0.6 is 0 Å². The molecule has 0 atom stereocenters. The van der Waals surface area contributed by atoms with Crippen LogP contribution in [0.3, 0.4) is 0 Å². The molecule has 1 aromatic heterocycles. The molecule has 0 aliphatic heterocycles. The van der Waals surface area contributed by atoms with Gasteiger partial charge in [0.1, 0.15) is 5.54 Å². The van der Waals surface area contributed by atoms with E-state index in [1.54, 1.807) is 0 Å². The van der Waals surface area contributed by atoms with Crippen molar-refractivity contribution < 1.29 is 4.79 Å². The highest BCUT2D eigenvalue weighted by Gasteiger charge is 2.41. The first-order valence-corrected chi connectivity index (χ1v) is 13.1. The molecular formula is C35H30N2O. The third-order valence-corrected chi connectivity index (χ3v) is 7.71. The van der Waals surface area contributed by atoms with Gasteiger partial charge in [-0.25, -0.2) is 4.98 Å². The monoisotopic (exact) mass is 494 g/mol. The fourth-order valence-corrected chi connectivity index (χ4v) is 5.78. The van der Waals surface area contributed by atoms with E-state index in [4.69, 9.17) is 4.98 Å². The van der Waals surface area contributed by atoms with Gasteiger partial charge in [0.15, 0.2) is 5.78 Å². The van der Waals surface area contributed by atoms with Crippen molar-refractivity contribution in [2.24, 2.45) is 5.41 Å². The van der Waals surface area contributed by atoms with E-state index < -0.39 is 5.54 Å². The average Bonchev–Trinajstić information content (AvgIpc) is 3.44. The normalized spacial score (nSPS) is 15.8. The van der Waals surface area contributed by atoms with Gasteiger partial charge in [0.25, 0.3) is 0 Å². The summed E-state index contributed by atoms with van der Waals surface area (Å²) in [6, 6.07) is 40.0. The summed E-state index contributed by atoms with van der Waals surface area (Å²) in [5.41, 5.74) is 6.53. The number of ketones is 1. The van der Waals surface area contributed by atoms with Crippen LogP contribution in [0.2, 0.25) is 0 Å². The van der Waals surface area contributed by atoms with Crippen LogP contribution in [0.15, 0.2) is 133 Å². The molecule has 0 radical (unpaired) electrons. The van der Waals surface area contributed by atoms with E-state index >= 15 is 0 Å². The zero-order valence-electron chi connectivity index (χ0n) is 21.7. The molecule has 0 amide bonds. The van der Waals surface area contributed by atoms with E-state index in [0.29, 0.717) is 6.42 Å². The number of allylic oxidation sites excluding steroid dienone is 1. The summed E-state index contributed by atoms with van der Waals surface area (Å²) < 4.78 is 2.23. The summed E-state index contributed by atoms with van der Waals surface area (Å²) in [7, 11) is 0. The van der Waals surface area contributed by atoms with Gasteiger partial charge in [0.2, 0.25) is 0 Å². The minimum atomic E-state index is -0.617.